The third kappa shape index (κ3) is 6.40. The van der Waals surface area contributed by atoms with Crippen LogP contribution >= 0.6 is 39.1 Å². The maximum absolute atomic E-state index is 12.9. The van der Waals surface area contributed by atoms with Crippen molar-refractivity contribution < 1.29 is 14.3 Å². The summed E-state index contributed by atoms with van der Waals surface area (Å²) in [7, 11) is 0. The van der Waals surface area contributed by atoms with Crippen molar-refractivity contribution in [1.29, 1.82) is 0 Å². The van der Waals surface area contributed by atoms with E-state index in [4.69, 9.17) is 27.9 Å². The van der Waals surface area contributed by atoms with Gasteiger partial charge in [-0.25, -0.2) is 0 Å². The van der Waals surface area contributed by atoms with E-state index >= 15 is 0 Å². The third-order valence-corrected chi connectivity index (χ3v) is 5.14. The van der Waals surface area contributed by atoms with E-state index in [0.717, 1.165) is 5.56 Å². The Kier molecular flexibility index (Phi) is 8.60. The van der Waals surface area contributed by atoms with Crippen LogP contribution in [-0.2, 0) is 16.1 Å². The number of benzene rings is 2. The van der Waals surface area contributed by atoms with Gasteiger partial charge in [-0.2, -0.15) is 0 Å². The fraction of sp³-hybridized carbons (Fsp3) is 0.300. The number of nitrogens with zero attached hydrogens (tertiary/aromatic N) is 1. The molecule has 2 amide bonds. The van der Waals surface area contributed by atoms with Crippen molar-refractivity contribution in [3.05, 3.63) is 62.5 Å². The van der Waals surface area contributed by atoms with E-state index in [9.17, 15) is 9.59 Å². The summed E-state index contributed by atoms with van der Waals surface area (Å²) in [5.41, 5.74) is 0.863. The Bertz CT molecular complexity index is 831. The number of likely N-dealkylation sites (N-methyl/N-ethyl adjacent to an activating group) is 1. The zero-order chi connectivity index (χ0) is 20.7. The number of rotatable bonds is 8. The van der Waals surface area contributed by atoms with Crippen molar-refractivity contribution in [3.8, 4) is 5.75 Å². The summed E-state index contributed by atoms with van der Waals surface area (Å²) < 4.78 is 6.28. The molecule has 0 spiro atoms. The van der Waals surface area contributed by atoms with Crippen molar-refractivity contribution in [2.45, 2.75) is 26.4 Å². The van der Waals surface area contributed by atoms with Gasteiger partial charge in [-0.05, 0) is 65.7 Å². The average Bonchev–Trinajstić information content (AvgIpc) is 2.66. The molecule has 2 aromatic rings. The van der Waals surface area contributed by atoms with Crippen LogP contribution in [0.15, 0.2) is 46.9 Å². The number of hydrogen-bond acceptors (Lipinski definition) is 3. The highest BCUT2D eigenvalue weighted by atomic mass is 79.9. The van der Waals surface area contributed by atoms with Crippen molar-refractivity contribution >= 4 is 50.9 Å². The van der Waals surface area contributed by atoms with Crippen LogP contribution in [0, 0.1) is 0 Å². The topological polar surface area (TPSA) is 58.6 Å². The lowest BCUT2D eigenvalue weighted by atomic mass is 10.1. The van der Waals surface area contributed by atoms with E-state index in [0.29, 0.717) is 26.8 Å². The Morgan fingerprint density at radius 2 is 1.79 bits per heavy atom. The van der Waals surface area contributed by atoms with Crippen molar-refractivity contribution in [2.24, 2.45) is 0 Å². The van der Waals surface area contributed by atoms with Crippen LogP contribution in [0.2, 0.25) is 10.0 Å². The fourth-order valence-electron chi connectivity index (χ4n) is 2.51. The second kappa shape index (κ2) is 10.7. The van der Waals surface area contributed by atoms with Gasteiger partial charge in [0.15, 0.2) is 6.61 Å². The van der Waals surface area contributed by atoms with Gasteiger partial charge in [0, 0.05) is 23.1 Å². The summed E-state index contributed by atoms with van der Waals surface area (Å²) in [6.45, 7) is 4.06. The smallest absolute Gasteiger partial charge is 0.261 e. The molecule has 0 aliphatic carbocycles. The monoisotopic (exact) mass is 486 g/mol. The fourth-order valence-corrected chi connectivity index (χ4v) is 3.43. The zero-order valence-corrected chi connectivity index (χ0v) is 18.6. The normalized spacial score (nSPS) is 11.6. The minimum absolute atomic E-state index is 0.211. The maximum Gasteiger partial charge on any atom is 0.261 e. The summed E-state index contributed by atoms with van der Waals surface area (Å²) in [5, 5.41) is 3.91. The second-order valence-electron chi connectivity index (χ2n) is 6.08. The number of carbonyl (C=O) groups excluding carboxylic acids is 2. The van der Waals surface area contributed by atoms with Crippen molar-refractivity contribution in [1.82, 2.24) is 10.2 Å². The molecule has 0 aromatic heterocycles. The molecule has 0 radical (unpaired) electrons. The Morgan fingerprint density at radius 3 is 2.39 bits per heavy atom. The molecule has 0 saturated carbocycles. The Morgan fingerprint density at radius 1 is 1.14 bits per heavy atom. The lowest BCUT2D eigenvalue weighted by Crippen LogP contribution is -2.49. The van der Waals surface area contributed by atoms with E-state index in [2.05, 4.69) is 21.2 Å². The maximum atomic E-state index is 12.9. The number of amides is 2. The summed E-state index contributed by atoms with van der Waals surface area (Å²) in [6, 6.07) is 11.5. The molecule has 8 heteroatoms. The van der Waals surface area contributed by atoms with Gasteiger partial charge < -0.3 is 15.0 Å². The average molecular weight is 488 g/mol. The third-order valence-electron chi connectivity index (χ3n) is 4.03. The molecule has 0 heterocycles. The largest absolute Gasteiger partial charge is 0.483 e. The number of ether oxygens (including phenoxy) is 1. The Labute approximate surface area is 183 Å². The van der Waals surface area contributed by atoms with Crippen LogP contribution in [0.5, 0.6) is 5.75 Å². The standard InChI is InChI=1S/C20H21BrCl2N2O3/c1-3-24-20(27)13(2)25(11-14-4-6-15(22)7-5-14)19(26)12-28-18-9-8-16(23)10-17(18)21/h4-10,13H,3,11-12H2,1-2H3,(H,24,27). The van der Waals surface area contributed by atoms with Crippen LogP contribution in [0.4, 0.5) is 0 Å². The van der Waals surface area contributed by atoms with Crippen LogP contribution in [-0.4, -0.2) is 35.9 Å². The molecule has 0 fully saturated rings. The number of carbonyl (C=O) groups is 2. The first-order valence-corrected chi connectivity index (χ1v) is 10.3. The van der Waals surface area contributed by atoms with Gasteiger partial charge in [0.25, 0.3) is 5.91 Å². The summed E-state index contributed by atoms with van der Waals surface area (Å²) in [6.07, 6.45) is 0. The van der Waals surface area contributed by atoms with Crippen LogP contribution in [0.25, 0.3) is 0 Å². The van der Waals surface area contributed by atoms with Gasteiger partial charge in [-0.15, -0.1) is 0 Å². The van der Waals surface area contributed by atoms with Gasteiger partial charge >= 0.3 is 0 Å². The molecule has 1 N–H and O–H groups in total. The lowest BCUT2D eigenvalue weighted by molar-refractivity contribution is -0.142. The SMILES string of the molecule is CCNC(=O)C(C)N(Cc1ccc(Cl)cc1)C(=O)COc1ccc(Cl)cc1Br. The van der Waals surface area contributed by atoms with Gasteiger partial charge in [0.1, 0.15) is 11.8 Å². The molecule has 1 unspecified atom stereocenters. The predicted molar refractivity (Wildman–Crippen MR) is 115 cm³/mol. The summed E-state index contributed by atoms with van der Waals surface area (Å²) in [4.78, 5) is 26.7. The predicted octanol–water partition coefficient (Wildman–Crippen LogP) is 4.69. The highest BCUT2D eigenvalue weighted by molar-refractivity contribution is 9.10. The highest BCUT2D eigenvalue weighted by Crippen LogP contribution is 2.28. The van der Waals surface area contributed by atoms with Crippen molar-refractivity contribution in [2.75, 3.05) is 13.2 Å². The molecule has 28 heavy (non-hydrogen) atoms. The second-order valence-corrected chi connectivity index (χ2v) is 7.81. The van der Waals surface area contributed by atoms with Crippen LogP contribution in [0.3, 0.4) is 0 Å². The minimum atomic E-state index is -0.652. The molecule has 1 atom stereocenters. The number of halogens is 3. The first-order valence-electron chi connectivity index (χ1n) is 8.71. The Hall–Kier alpha value is -1.76. The molecule has 0 bridgehead atoms. The molecule has 150 valence electrons. The number of hydrogen-bond donors (Lipinski definition) is 1. The molecule has 2 aromatic carbocycles. The van der Waals surface area contributed by atoms with E-state index < -0.39 is 6.04 Å². The van der Waals surface area contributed by atoms with Gasteiger partial charge in [-0.1, -0.05) is 35.3 Å². The first kappa shape index (κ1) is 22.5. The zero-order valence-electron chi connectivity index (χ0n) is 15.5. The molecular formula is C20H21BrCl2N2O3. The molecule has 5 nitrogen and oxygen atoms in total. The molecule has 2 rings (SSSR count). The van der Waals surface area contributed by atoms with Crippen molar-refractivity contribution in [3.63, 3.8) is 0 Å². The van der Waals surface area contributed by atoms with E-state index in [1.54, 1.807) is 37.3 Å². The number of nitrogens with one attached hydrogen (secondary N) is 1. The van der Waals surface area contributed by atoms with E-state index in [1.807, 2.05) is 19.1 Å². The minimum Gasteiger partial charge on any atom is -0.483 e. The summed E-state index contributed by atoms with van der Waals surface area (Å²) >= 11 is 15.2. The lowest BCUT2D eigenvalue weighted by Gasteiger charge is -2.28. The summed E-state index contributed by atoms with van der Waals surface area (Å²) in [5.74, 6) is -0.0390. The van der Waals surface area contributed by atoms with Gasteiger partial charge in [-0.3, -0.25) is 9.59 Å². The van der Waals surface area contributed by atoms with Gasteiger partial charge in [0.2, 0.25) is 5.91 Å². The quantitative estimate of drug-likeness (QED) is 0.587. The first-order chi connectivity index (χ1) is 13.3. The molecule has 0 aliphatic heterocycles. The molecule has 0 saturated heterocycles. The molecule has 0 aliphatic rings. The van der Waals surface area contributed by atoms with E-state index in [-0.39, 0.29) is 25.0 Å². The molecular weight excluding hydrogens is 467 g/mol. The van der Waals surface area contributed by atoms with Gasteiger partial charge in [0.05, 0.1) is 4.47 Å². The van der Waals surface area contributed by atoms with Crippen LogP contribution < -0.4 is 10.1 Å². The highest BCUT2D eigenvalue weighted by Gasteiger charge is 2.26. The Balaban J connectivity index is 2.15. The van der Waals surface area contributed by atoms with E-state index in [1.165, 1.54) is 4.90 Å². The van der Waals surface area contributed by atoms with Crippen LogP contribution in [0.1, 0.15) is 19.4 Å².